The van der Waals surface area contributed by atoms with E-state index in [-0.39, 0.29) is 4.32 Å². The average molecular weight is 235 g/mol. The highest BCUT2D eigenvalue weighted by molar-refractivity contribution is 9.09. The van der Waals surface area contributed by atoms with Crippen molar-refractivity contribution in [2.75, 3.05) is 0 Å². The molecule has 0 aliphatic heterocycles. The third-order valence-electron chi connectivity index (χ3n) is 3.29. The molecule has 2 aliphatic carbocycles. The molecule has 0 fully saturated rings. The van der Waals surface area contributed by atoms with Gasteiger partial charge in [0.15, 0.2) is 0 Å². The molecule has 0 amide bonds. The Balaban J connectivity index is 2.29. The summed E-state index contributed by atoms with van der Waals surface area (Å²) >= 11 is 3.85. The van der Waals surface area contributed by atoms with Crippen LogP contribution in [-0.4, -0.2) is 0 Å². The van der Waals surface area contributed by atoms with Crippen LogP contribution in [0, 0.1) is 0 Å². The maximum absolute atomic E-state index is 3.85. The second-order valence-electron chi connectivity index (χ2n) is 4.09. The molecule has 66 valence electrons. The van der Waals surface area contributed by atoms with Gasteiger partial charge in [-0.05, 0) is 24.5 Å². The highest BCUT2D eigenvalue weighted by Crippen LogP contribution is 2.58. The van der Waals surface area contributed by atoms with E-state index < -0.39 is 0 Å². The number of fused-ring (bicyclic) bond motifs is 5. The van der Waals surface area contributed by atoms with Crippen LogP contribution in [0.4, 0.5) is 0 Å². The zero-order valence-electron chi connectivity index (χ0n) is 7.55. The van der Waals surface area contributed by atoms with Gasteiger partial charge in [-0.2, -0.15) is 0 Å². The minimum absolute atomic E-state index is 0.165. The predicted molar refractivity (Wildman–Crippen MR) is 58.2 cm³/mol. The van der Waals surface area contributed by atoms with Crippen molar-refractivity contribution in [1.29, 1.82) is 0 Å². The van der Waals surface area contributed by atoms with Gasteiger partial charge in [0.2, 0.25) is 0 Å². The number of halogens is 1. The van der Waals surface area contributed by atoms with Gasteiger partial charge in [-0.15, -0.1) is 0 Å². The van der Waals surface area contributed by atoms with Crippen LogP contribution in [0.2, 0.25) is 0 Å². The molecule has 1 aromatic rings. The third kappa shape index (κ3) is 0.859. The molecule has 2 atom stereocenters. The molecule has 0 saturated heterocycles. The van der Waals surface area contributed by atoms with Gasteiger partial charge in [0.1, 0.15) is 0 Å². The Kier molecular flexibility index (Phi) is 1.36. The summed E-state index contributed by atoms with van der Waals surface area (Å²) in [5.74, 6) is 0.676. The van der Waals surface area contributed by atoms with Crippen molar-refractivity contribution >= 4 is 15.9 Å². The number of benzene rings is 1. The fourth-order valence-corrected chi connectivity index (χ4v) is 3.75. The van der Waals surface area contributed by atoms with Crippen molar-refractivity contribution < 1.29 is 0 Å². The first-order valence-electron chi connectivity index (χ1n) is 4.68. The van der Waals surface area contributed by atoms with Gasteiger partial charge in [-0.3, -0.25) is 0 Å². The Morgan fingerprint density at radius 1 is 1.38 bits per heavy atom. The smallest absolute Gasteiger partial charge is 0.0700 e. The molecule has 13 heavy (non-hydrogen) atoms. The summed E-state index contributed by atoms with van der Waals surface area (Å²) in [6.45, 7) is 2.24. The minimum Gasteiger partial charge on any atom is -0.0755 e. The quantitative estimate of drug-likeness (QED) is 0.474. The van der Waals surface area contributed by atoms with Gasteiger partial charge in [0.05, 0.1) is 4.32 Å². The summed E-state index contributed by atoms with van der Waals surface area (Å²) in [4.78, 5) is 0. The third-order valence-corrected chi connectivity index (χ3v) is 4.27. The van der Waals surface area contributed by atoms with Gasteiger partial charge in [0, 0.05) is 5.92 Å². The topological polar surface area (TPSA) is 0 Å². The molecule has 0 spiro atoms. The van der Waals surface area contributed by atoms with Crippen LogP contribution in [0.1, 0.15) is 30.4 Å². The second kappa shape index (κ2) is 2.27. The lowest BCUT2D eigenvalue weighted by molar-refractivity contribution is 0.754. The van der Waals surface area contributed by atoms with E-state index in [2.05, 4.69) is 53.2 Å². The van der Waals surface area contributed by atoms with Gasteiger partial charge in [0.25, 0.3) is 0 Å². The van der Waals surface area contributed by atoms with Crippen LogP contribution in [0.15, 0.2) is 35.9 Å². The minimum atomic E-state index is 0.165. The molecular weight excluding hydrogens is 224 g/mol. The molecule has 1 heteroatoms. The summed E-state index contributed by atoms with van der Waals surface area (Å²) in [6, 6.07) is 8.78. The Morgan fingerprint density at radius 2 is 2.15 bits per heavy atom. The molecule has 0 heterocycles. The Hall–Kier alpha value is -0.560. The molecular formula is C12H11Br. The van der Waals surface area contributed by atoms with Crippen LogP contribution in [0.5, 0.6) is 0 Å². The molecule has 0 saturated carbocycles. The summed E-state index contributed by atoms with van der Waals surface area (Å²) in [6.07, 6.45) is 3.60. The molecule has 2 aliphatic rings. The van der Waals surface area contributed by atoms with E-state index in [1.54, 1.807) is 0 Å². The van der Waals surface area contributed by atoms with E-state index in [0.717, 1.165) is 0 Å². The van der Waals surface area contributed by atoms with Gasteiger partial charge in [-0.1, -0.05) is 51.8 Å². The first-order valence-corrected chi connectivity index (χ1v) is 5.48. The van der Waals surface area contributed by atoms with Gasteiger partial charge >= 0.3 is 0 Å². The second-order valence-corrected chi connectivity index (χ2v) is 5.51. The lowest BCUT2D eigenvalue weighted by atomic mass is 9.92. The fraction of sp³-hybridized carbons (Fsp3) is 0.333. The highest BCUT2D eigenvalue weighted by Gasteiger charge is 2.45. The first-order chi connectivity index (χ1) is 6.21. The normalized spacial score (nSPS) is 34.6. The van der Waals surface area contributed by atoms with E-state index in [4.69, 9.17) is 0 Å². The van der Waals surface area contributed by atoms with Crippen LogP contribution < -0.4 is 0 Å². The lowest BCUT2D eigenvalue weighted by Crippen LogP contribution is -2.08. The Labute approximate surface area is 86.8 Å². The van der Waals surface area contributed by atoms with Crippen molar-refractivity contribution in [3.8, 4) is 0 Å². The van der Waals surface area contributed by atoms with Crippen molar-refractivity contribution in [3.63, 3.8) is 0 Å². The largest absolute Gasteiger partial charge is 0.0755 e. The lowest BCUT2D eigenvalue weighted by Gasteiger charge is -2.19. The van der Waals surface area contributed by atoms with Crippen molar-refractivity contribution in [2.24, 2.45) is 0 Å². The fourth-order valence-electron chi connectivity index (χ4n) is 2.70. The molecule has 0 nitrogen and oxygen atoms in total. The van der Waals surface area contributed by atoms with Crippen LogP contribution in [0.25, 0.3) is 0 Å². The molecule has 1 aromatic carbocycles. The maximum atomic E-state index is 3.85. The molecule has 2 unspecified atom stereocenters. The maximum Gasteiger partial charge on any atom is 0.0700 e. The van der Waals surface area contributed by atoms with Crippen molar-refractivity contribution in [2.45, 2.75) is 23.6 Å². The average Bonchev–Trinajstić information content (AvgIpc) is 2.56. The molecule has 3 rings (SSSR count). The molecule has 2 bridgehead atoms. The number of allylic oxidation sites excluding steroid dienone is 2. The zero-order valence-corrected chi connectivity index (χ0v) is 9.14. The number of alkyl halides is 1. The van der Waals surface area contributed by atoms with Gasteiger partial charge in [-0.25, -0.2) is 0 Å². The van der Waals surface area contributed by atoms with Crippen LogP contribution in [0.3, 0.4) is 0 Å². The SMILES string of the molecule is CC1=CC2(Br)CC1c1ccccc12. The van der Waals surface area contributed by atoms with E-state index in [0.29, 0.717) is 5.92 Å². The Morgan fingerprint density at radius 3 is 3.00 bits per heavy atom. The summed E-state index contributed by atoms with van der Waals surface area (Å²) in [5, 5.41) is 0. The van der Waals surface area contributed by atoms with Gasteiger partial charge < -0.3 is 0 Å². The monoisotopic (exact) mass is 234 g/mol. The number of rotatable bonds is 0. The Bertz CT molecular complexity index is 405. The molecule has 0 radical (unpaired) electrons. The zero-order chi connectivity index (χ0) is 9.05. The summed E-state index contributed by atoms with van der Waals surface area (Å²) in [5.41, 5.74) is 4.53. The summed E-state index contributed by atoms with van der Waals surface area (Å²) in [7, 11) is 0. The van der Waals surface area contributed by atoms with E-state index >= 15 is 0 Å². The molecule has 0 aromatic heterocycles. The van der Waals surface area contributed by atoms with Crippen molar-refractivity contribution in [1.82, 2.24) is 0 Å². The number of hydrogen-bond acceptors (Lipinski definition) is 0. The van der Waals surface area contributed by atoms with E-state index in [1.807, 2.05) is 0 Å². The molecule has 0 N–H and O–H groups in total. The number of hydrogen-bond donors (Lipinski definition) is 0. The summed E-state index contributed by atoms with van der Waals surface area (Å²) < 4.78 is 0.165. The predicted octanol–water partition coefficient (Wildman–Crippen LogP) is 3.72. The van der Waals surface area contributed by atoms with Crippen molar-refractivity contribution in [3.05, 3.63) is 47.0 Å². The van der Waals surface area contributed by atoms with E-state index in [9.17, 15) is 0 Å². The highest BCUT2D eigenvalue weighted by atomic mass is 79.9. The standard InChI is InChI=1S/C12H11Br/c1-8-6-12(13)7-10(8)9-4-2-3-5-11(9)12/h2-6,10H,7H2,1H3. The van der Waals surface area contributed by atoms with E-state index in [1.165, 1.54) is 23.1 Å². The van der Waals surface area contributed by atoms with Crippen LogP contribution in [-0.2, 0) is 4.32 Å². The van der Waals surface area contributed by atoms with Crippen LogP contribution >= 0.6 is 15.9 Å². The first kappa shape index (κ1) is 7.81.